The molecule has 0 amide bonds. The van der Waals surface area contributed by atoms with Gasteiger partial charge < -0.3 is 19.3 Å². The highest BCUT2D eigenvalue weighted by molar-refractivity contribution is 5.79. The first-order valence-electron chi connectivity index (χ1n) is 27.7. The second-order valence-corrected chi connectivity index (χ2v) is 19.4. The van der Waals surface area contributed by atoms with E-state index in [0.29, 0.717) is 37.9 Å². The van der Waals surface area contributed by atoms with Crippen molar-refractivity contribution in [2.24, 2.45) is 16.8 Å². The molecule has 0 heterocycles. The first-order chi connectivity index (χ1) is 30.8. The molecule has 0 aliphatic carbocycles. The number of carbonyl (C=O) groups is 2. The molecule has 0 rings (SSSR count). The Morgan fingerprint density at radius 2 is 0.762 bits per heavy atom. The van der Waals surface area contributed by atoms with Gasteiger partial charge in [-0.25, -0.2) is 4.99 Å². The lowest BCUT2D eigenvalue weighted by Crippen LogP contribution is -2.32. The third kappa shape index (κ3) is 42.5. The van der Waals surface area contributed by atoms with Crippen LogP contribution in [-0.4, -0.2) is 74.0 Å². The topological polar surface area (TPSA) is 71.4 Å². The molecule has 0 aromatic rings. The molecule has 0 saturated heterocycles. The molecule has 0 aromatic carbocycles. The van der Waals surface area contributed by atoms with Crippen LogP contribution in [0.25, 0.3) is 0 Å². The number of hydrogen-bond acceptors (Lipinski definition) is 6. The average molecular weight is 889 g/mol. The van der Waals surface area contributed by atoms with Crippen LogP contribution in [0, 0.1) is 11.8 Å². The number of unbranched alkanes of at least 4 members (excludes halogenated alkanes) is 24. The third-order valence-electron chi connectivity index (χ3n) is 13.3. The van der Waals surface area contributed by atoms with E-state index < -0.39 is 0 Å². The van der Waals surface area contributed by atoms with E-state index in [1.165, 1.54) is 205 Å². The van der Waals surface area contributed by atoms with Gasteiger partial charge in [0.05, 0.1) is 13.2 Å². The van der Waals surface area contributed by atoms with Gasteiger partial charge in [0.25, 0.3) is 0 Å². The fourth-order valence-electron chi connectivity index (χ4n) is 8.90. The van der Waals surface area contributed by atoms with E-state index in [1.54, 1.807) is 6.20 Å². The van der Waals surface area contributed by atoms with Crippen LogP contribution in [0.3, 0.4) is 0 Å². The summed E-state index contributed by atoms with van der Waals surface area (Å²) in [6, 6.07) is 0. The zero-order valence-electron chi connectivity index (χ0n) is 43.3. The van der Waals surface area contributed by atoms with Gasteiger partial charge >= 0.3 is 11.9 Å². The minimum atomic E-state index is -0.0547. The zero-order valence-corrected chi connectivity index (χ0v) is 43.3. The maximum Gasteiger partial charge on any atom is 0.305 e. The van der Waals surface area contributed by atoms with E-state index in [1.807, 2.05) is 6.92 Å². The molecule has 0 spiro atoms. The van der Waals surface area contributed by atoms with Gasteiger partial charge in [0.15, 0.2) is 0 Å². The first kappa shape index (κ1) is 61.1. The fourth-order valence-corrected chi connectivity index (χ4v) is 8.90. The van der Waals surface area contributed by atoms with Crippen molar-refractivity contribution in [3.63, 3.8) is 0 Å². The van der Waals surface area contributed by atoms with Crippen molar-refractivity contribution in [1.82, 2.24) is 9.80 Å². The van der Waals surface area contributed by atoms with Crippen molar-refractivity contribution in [1.29, 1.82) is 0 Å². The molecule has 0 saturated carbocycles. The molecule has 7 nitrogen and oxygen atoms in total. The van der Waals surface area contributed by atoms with Crippen LogP contribution in [0.5, 0.6) is 0 Å². The number of ether oxygens (including phenoxy) is 2. The summed E-state index contributed by atoms with van der Waals surface area (Å²) in [6.45, 7) is 19.5. The van der Waals surface area contributed by atoms with Crippen LogP contribution < -0.4 is 0 Å². The van der Waals surface area contributed by atoms with Gasteiger partial charge in [-0.15, -0.1) is 0 Å². The minimum Gasteiger partial charge on any atom is -0.465 e. The van der Waals surface area contributed by atoms with Gasteiger partial charge in [0.2, 0.25) is 0 Å². The molecule has 2 atom stereocenters. The molecular weight excluding hydrogens is 779 g/mol. The molecule has 0 bridgehead atoms. The van der Waals surface area contributed by atoms with Crippen LogP contribution in [0.1, 0.15) is 272 Å². The second-order valence-electron chi connectivity index (χ2n) is 19.4. The number of nitrogens with zero attached hydrogens (tertiary/aromatic N) is 3. The number of rotatable bonds is 49. The van der Waals surface area contributed by atoms with Crippen LogP contribution >= 0.6 is 0 Å². The van der Waals surface area contributed by atoms with Gasteiger partial charge in [0, 0.05) is 32.6 Å². The molecule has 0 fully saturated rings. The quantitative estimate of drug-likeness (QED) is 0.0262. The predicted octanol–water partition coefficient (Wildman–Crippen LogP) is 16.6. The monoisotopic (exact) mass is 888 g/mol. The SMILES string of the molecule is C=CN=C(C)N(C)CCCN(CCCC(=O)OCC(CCCCCCCC)CCCCCCCCCC)CCCC(=O)OCC(CCCCCCCC)CCCCCCCCCC. The molecule has 0 aromatic heterocycles. The van der Waals surface area contributed by atoms with E-state index >= 15 is 0 Å². The normalized spacial score (nSPS) is 12.8. The standard InChI is InChI=1S/C56H109N3O4/c1-8-13-17-21-25-27-31-35-42-53(40-33-29-23-19-15-10-3)50-62-55(60)44-37-47-59(49-39-46-58(7)52(6)57-12-5)48-38-45-56(61)63-51-54(41-34-30-24-20-16-11-4)43-36-32-28-26-22-18-14-9-2/h12,53-54H,5,8-11,13-51H2,1-4,6-7H3. The largest absolute Gasteiger partial charge is 0.465 e. The van der Waals surface area contributed by atoms with Crippen LogP contribution in [0.4, 0.5) is 0 Å². The average Bonchev–Trinajstić information content (AvgIpc) is 3.27. The summed E-state index contributed by atoms with van der Waals surface area (Å²) in [6.07, 6.45) is 46.7. The molecule has 2 unspecified atom stereocenters. The highest BCUT2D eigenvalue weighted by atomic mass is 16.5. The number of carbonyl (C=O) groups excluding carboxylic acids is 2. The van der Waals surface area contributed by atoms with E-state index in [0.717, 1.165) is 51.3 Å². The van der Waals surface area contributed by atoms with Crippen LogP contribution in [-0.2, 0) is 19.1 Å². The second kappa shape index (κ2) is 48.1. The minimum absolute atomic E-state index is 0.0547. The van der Waals surface area contributed by atoms with Crippen molar-refractivity contribution in [2.75, 3.05) is 46.4 Å². The molecule has 372 valence electrons. The maximum atomic E-state index is 13.1. The lowest BCUT2D eigenvalue weighted by atomic mass is 9.94. The summed E-state index contributed by atoms with van der Waals surface area (Å²) in [7, 11) is 2.07. The van der Waals surface area contributed by atoms with Gasteiger partial charge in [-0.1, -0.05) is 214 Å². The molecular formula is C56H109N3O4. The van der Waals surface area contributed by atoms with Gasteiger partial charge in [0.1, 0.15) is 5.84 Å². The molecule has 0 aliphatic heterocycles. The van der Waals surface area contributed by atoms with Gasteiger partial charge in [-0.3, -0.25) is 9.59 Å². The van der Waals surface area contributed by atoms with Gasteiger partial charge in [-0.2, -0.15) is 0 Å². The summed E-state index contributed by atoms with van der Waals surface area (Å²) in [5.41, 5.74) is 0. The smallest absolute Gasteiger partial charge is 0.305 e. The Morgan fingerprint density at radius 1 is 0.460 bits per heavy atom. The summed E-state index contributed by atoms with van der Waals surface area (Å²) >= 11 is 0. The lowest BCUT2D eigenvalue weighted by Gasteiger charge is -2.24. The summed E-state index contributed by atoms with van der Waals surface area (Å²) in [5.74, 6) is 1.81. The van der Waals surface area contributed by atoms with Crippen molar-refractivity contribution >= 4 is 17.8 Å². The molecule has 0 aliphatic rings. The number of hydrogen-bond donors (Lipinski definition) is 0. The highest BCUT2D eigenvalue weighted by Gasteiger charge is 2.16. The molecule has 7 heteroatoms. The maximum absolute atomic E-state index is 13.1. The Balaban J connectivity index is 5.07. The summed E-state index contributed by atoms with van der Waals surface area (Å²) < 4.78 is 12.0. The molecule has 0 radical (unpaired) electrons. The van der Waals surface area contributed by atoms with E-state index in [9.17, 15) is 9.59 Å². The Kier molecular flexibility index (Phi) is 46.6. The fraction of sp³-hybridized carbons (Fsp3) is 0.911. The van der Waals surface area contributed by atoms with E-state index in [4.69, 9.17) is 9.47 Å². The first-order valence-corrected chi connectivity index (χ1v) is 27.7. The highest BCUT2D eigenvalue weighted by Crippen LogP contribution is 2.22. The lowest BCUT2D eigenvalue weighted by molar-refractivity contribution is -0.146. The van der Waals surface area contributed by atoms with Gasteiger partial charge in [-0.05, 0) is 83.3 Å². The number of amidine groups is 1. The molecule has 63 heavy (non-hydrogen) atoms. The summed E-state index contributed by atoms with van der Waals surface area (Å²) in [5, 5.41) is 0. The van der Waals surface area contributed by atoms with Crippen LogP contribution in [0.15, 0.2) is 17.8 Å². The zero-order chi connectivity index (χ0) is 46.3. The van der Waals surface area contributed by atoms with Crippen molar-refractivity contribution in [3.8, 4) is 0 Å². The summed E-state index contributed by atoms with van der Waals surface area (Å²) in [4.78, 5) is 35.1. The van der Waals surface area contributed by atoms with Crippen molar-refractivity contribution in [3.05, 3.63) is 12.8 Å². The molecule has 0 N–H and O–H groups in total. The van der Waals surface area contributed by atoms with Crippen molar-refractivity contribution in [2.45, 2.75) is 272 Å². The Morgan fingerprint density at radius 3 is 1.08 bits per heavy atom. The Labute approximate surface area is 393 Å². The Bertz CT molecular complexity index is 972. The predicted molar refractivity (Wildman–Crippen MR) is 275 cm³/mol. The third-order valence-corrected chi connectivity index (χ3v) is 13.3. The van der Waals surface area contributed by atoms with Crippen molar-refractivity contribution < 1.29 is 19.1 Å². The van der Waals surface area contributed by atoms with E-state index in [-0.39, 0.29) is 11.9 Å². The number of esters is 2. The Hall–Kier alpha value is -1.89. The van der Waals surface area contributed by atoms with Crippen LogP contribution in [0.2, 0.25) is 0 Å². The van der Waals surface area contributed by atoms with E-state index in [2.05, 4.69) is 56.1 Å². The number of aliphatic imine (C=N–C) groups is 1.